The second-order valence-corrected chi connectivity index (χ2v) is 6.13. The number of piperidine rings is 1. The van der Waals surface area contributed by atoms with Crippen molar-refractivity contribution in [3.05, 3.63) is 18.3 Å². The van der Waals surface area contributed by atoms with Crippen molar-refractivity contribution in [2.45, 2.75) is 26.2 Å². The van der Waals surface area contributed by atoms with E-state index < -0.39 is 0 Å². The summed E-state index contributed by atoms with van der Waals surface area (Å²) in [7, 11) is 3.93. The van der Waals surface area contributed by atoms with Gasteiger partial charge < -0.3 is 15.5 Å². The molecule has 2 N–H and O–H groups in total. The van der Waals surface area contributed by atoms with Gasteiger partial charge in [0.15, 0.2) is 0 Å². The maximum Gasteiger partial charge on any atom is 0.225 e. The van der Waals surface area contributed by atoms with Crippen LogP contribution in [0.4, 0.5) is 11.5 Å². The first-order valence-electron chi connectivity index (χ1n) is 7.70. The molecule has 0 bridgehead atoms. The number of nitrogens with one attached hydrogen (secondary N) is 2. The van der Waals surface area contributed by atoms with Crippen LogP contribution in [0, 0.1) is 11.8 Å². The van der Waals surface area contributed by atoms with Crippen LogP contribution in [-0.4, -0.2) is 38.1 Å². The van der Waals surface area contributed by atoms with Crippen molar-refractivity contribution in [2.75, 3.05) is 37.4 Å². The number of carbonyl (C=O) groups is 1. The highest BCUT2D eigenvalue weighted by Crippen LogP contribution is 2.23. The highest BCUT2D eigenvalue weighted by Gasteiger charge is 2.22. The largest absolute Gasteiger partial charge is 0.376 e. The molecule has 1 aromatic heterocycles. The van der Waals surface area contributed by atoms with Gasteiger partial charge in [-0.15, -0.1) is 24.8 Å². The van der Waals surface area contributed by atoms with Gasteiger partial charge in [-0.2, -0.15) is 0 Å². The van der Waals surface area contributed by atoms with Crippen molar-refractivity contribution in [3.8, 4) is 0 Å². The van der Waals surface area contributed by atoms with E-state index in [4.69, 9.17) is 0 Å². The first-order chi connectivity index (χ1) is 10.1. The van der Waals surface area contributed by atoms with Gasteiger partial charge in [-0.3, -0.25) is 4.79 Å². The molecule has 2 rings (SSSR count). The maximum atomic E-state index is 12.1. The minimum absolute atomic E-state index is 0. The van der Waals surface area contributed by atoms with E-state index in [0.717, 1.165) is 18.8 Å². The summed E-state index contributed by atoms with van der Waals surface area (Å²) in [4.78, 5) is 18.4. The summed E-state index contributed by atoms with van der Waals surface area (Å²) < 4.78 is 0. The molecule has 7 heteroatoms. The molecule has 0 radical (unpaired) electrons. The number of amides is 1. The van der Waals surface area contributed by atoms with Gasteiger partial charge in [0, 0.05) is 20.5 Å². The number of aromatic nitrogens is 1. The number of hydrogen-bond donors (Lipinski definition) is 2. The first kappa shape index (κ1) is 22.0. The van der Waals surface area contributed by atoms with Gasteiger partial charge in [-0.25, -0.2) is 4.98 Å². The van der Waals surface area contributed by atoms with Gasteiger partial charge in [-0.05, 0) is 49.9 Å². The van der Waals surface area contributed by atoms with Crippen LogP contribution in [0.1, 0.15) is 26.2 Å². The molecule has 0 spiro atoms. The molecule has 1 amide bonds. The molecule has 1 fully saturated rings. The fourth-order valence-electron chi connectivity index (χ4n) is 2.74. The van der Waals surface area contributed by atoms with Crippen LogP contribution in [0.2, 0.25) is 0 Å². The molecule has 1 aromatic rings. The Bertz CT molecular complexity index is 462. The number of hydrogen-bond acceptors (Lipinski definition) is 4. The van der Waals surface area contributed by atoms with Crippen molar-refractivity contribution in [1.29, 1.82) is 0 Å². The van der Waals surface area contributed by atoms with Crippen LogP contribution in [0.3, 0.4) is 0 Å². The standard InChI is InChI=1S/C16H26N4O.2ClH/c1-12(13-5-4-8-17-10-13)9-16(21)19-15-7-6-14(11-18-15)20(2)3;;/h6-7,11-13,17H,4-5,8-10H2,1-3H3,(H,18,19,21);2*1H. The lowest BCUT2D eigenvalue weighted by atomic mass is 9.85. The lowest BCUT2D eigenvalue weighted by Crippen LogP contribution is -2.34. The van der Waals surface area contributed by atoms with Crippen molar-refractivity contribution in [2.24, 2.45) is 11.8 Å². The smallest absolute Gasteiger partial charge is 0.225 e. The average Bonchev–Trinajstić information content (AvgIpc) is 2.48. The minimum atomic E-state index is 0. The van der Waals surface area contributed by atoms with Crippen LogP contribution < -0.4 is 15.5 Å². The maximum absolute atomic E-state index is 12.1. The molecular weight excluding hydrogens is 335 g/mol. The molecule has 0 saturated carbocycles. The molecule has 2 heterocycles. The van der Waals surface area contributed by atoms with Crippen molar-refractivity contribution in [1.82, 2.24) is 10.3 Å². The third-order valence-corrected chi connectivity index (χ3v) is 4.18. The molecule has 5 nitrogen and oxygen atoms in total. The van der Waals surface area contributed by atoms with Gasteiger partial charge in [0.2, 0.25) is 5.91 Å². The minimum Gasteiger partial charge on any atom is -0.376 e. The fraction of sp³-hybridized carbons (Fsp3) is 0.625. The third-order valence-electron chi connectivity index (χ3n) is 4.18. The van der Waals surface area contributed by atoms with Crippen molar-refractivity contribution >= 4 is 42.2 Å². The lowest BCUT2D eigenvalue weighted by Gasteiger charge is -2.27. The number of nitrogens with zero attached hydrogens (tertiary/aromatic N) is 2. The Morgan fingerprint density at radius 2 is 2.17 bits per heavy atom. The molecule has 0 aromatic carbocycles. The summed E-state index contributed by atoms with van der Waals surface area (Å²) >= 11 is 0. The second-order valence-electron chi connectivity index (χ2n) is 6.13. The van der Waals surface area contributed by atoms with E-state index in [1.54, 1.807) is 6.20 Å². The lowest BCUT2D eigenvalue weighted by molar-refractivity contribution is -0.117. The van der Waals surface area contributed by atoms with Crippen LogP contribution in [-0.2, 0) is 4.79 Å². The Hall–Kier alpha value is -1.04. The molecule has 132 valence electrons. The van der Waals surface area contributed by atoms with E-state index in [1.807, 2.05) is 31.1 Å². The molecular formula is C16H28Cl2N4O. The van der Waals surface area contributed by atoms with E-state index in [2.05, 4.69) is 22.5 Å². The normalized spacial score (nSPS) is 18.1. The summed E-state index contributed by atoms with van der Waals surface area (Å²) in [5.41, 5.74) is 1.02. The quantitative estimate of drug-likeness (QED) is 0.845. The summed E-state index contributed by atoms with van der Waals surface area (Å²) in [6.07, 6.45) is 4.76. The molecule has 1 saturated heterocycles. The van der Waals surface area contributed by atoms with E-state index >= 15 is 0 Å². The topological polar surface area (TPSA) is 57.3 Å². The summed E-state index contributed by atoms with van der Waals surface area (Å²) in [6, 6.07) is 3.80. The Kier molecular flexibility index (Phi) is 10.2. The van der Waals surface area contributed by atoms with Gasteiger partial charge in [0.25, 0.3) is 0 Å². The van der Waals surface area contributed by atoms with Gasteiger partial charge in [-0.1, -0.05) is 6.92 Å². The Balaban J connectivity index is 0.00000242. The van der Waals surface area contributed by atoms with E-state index in [1.165, 1.54) is 12.8 Å². The zero-order valence-electron chi connectivity index (χ0n) is 14.0. The third kappa shape index (κ3) is 6.94. The summed E-state index contributed by atoms with van der Waals surface area (Å²) in [5.74, 6) is 1.69. The molecule has 2 atom stereocenters. The van der Waals surface area contributed by atoms with Crippen LogP contribution >= 0.6 is 24.8 Å². The molecule has 23 heavy (non-hydrogen) atoms. The average molecular weight is 363 g/mol. The zero-order valence-corrected chi connectivity index (χ0v) is 15.7. The number of carbonyl (C=O) groups excluding carboxylic acids is 1. The molecule has 1 aliphatic heterocycles. The second kappa shape index (κ2) is 10.7. The van der Waals surface area contributed by atoms with Gasteiger partial charge >= 0.3 is 0 Å². The molecule has 0 aliphatic carbocycles. The highest BCUT2D eigenvalue weighted by molar-refractivity contribution is 5.90. The van der Waals surface area contributed by atoms with Crippen molar-refractivity contribution < 1.29 is 4.79 Å². The van der Waals surface area contributed by atoms with E-state index in [-0.39, 0.29) is 30.7 Å². The Morgan fingerprint density at radius 3 is 2.70 bits per heavy atom. The SMILES string of the molecule is CC(CC(=O)Nc1ccc(N(C)C)cn1)C1CCCNC1.Cl.Cl. The fourth-order valence-corrected chi connectivity index (χ4v) is 2.74. The Labute approximate surface area is 151 Å². The summed E-state index contributed by atoms with van der Waals surface area (Å²) in [5, 5.41) is 6.30. The van der Waals surface area contributed by atoms with E-state index in [0.29, 0.717) is 24.1 Å². The van der Waals surface area contributed by atoms with Crippen LogP contribution in [0.5, 0.6) is 0 Å². The summed E-state index contributed by atoms with van der Waals surface area (Å²) in [6.45, 7) is 4.31. The van der Waals surface area contributed by atoms with E-state index in [9.17, 15) is 4.79 Å². The van der Waals surface area contributed by atoms with Crippen LogP contribution in [0.25, 0.3) is 0 Å². The number of rotatable bonds is 5. The number of pyridine rings is 1. The predicted octanol–water partition coefficient (Wildman–Crippen LogP) is 2.96. The zero-order chi connectivity index (χ0) is 15.2. The number of halogens is 2. The molecule has 2 unspecified atom stereocenters. The number of anilines is 2. The van der Waals surface area contributed by atoms with Crippen LogP contribution in [0.15, 0.2) is 18.3 Å². The highest BCUT2D eigenvalue weighted by atomic mass is 35.5. The Morgan fingerprint density at radius 1 is 1.43 bits per heavy atom. The molecule has 1 aliphatic rings. The first-order valence-corrected chi connectivity index (χ1v) is 7.70. The van der Waals surface area contributed by atoms with Gasteiger partial charge in [0.1, 0.15) is 5.82 Å². The van der Waals surface area contributed by atoms with Gasteiger partial charge in [0.05, 0.1) is 11.9 Å². The monoisotopic (exact) mass is 362 g/mol. The van der Waals surface area contributed by atoms with Crippen molar-refractivity contribution in [3.63, 3.8) is 0 Å². The predicted molar refractivity (Wildman–Crippen MR) is 101 cm³/mol.